The SMILES string of the molecule is Cc1ccc(/C=C2/SC(=S)N(/N=C/c3ccc(O)cc3)C2=O)cc1. The number of carbonyl (C=O) groups excluding carboxylic acids is 1. The molecule has 0 saturated carbocycles. The summed E-state index contributed by atoms with van der Waals surface area (Å²) in [6, 6.07) is 14.4. The number of phenols is 1. The number of thiocarbonyl (C=S) groups is 1. The number of hydrogen-bond acceptors (Lipinski definition) is 5. The maximum Gasteiger partial charge on any atom is 0.286 e. The Kier molecular flexibility index (Phi) is 4.78. The third-order valence-corrected chi connectivity index (χ3v) is 4.65. The lowest BCUT2D eigenvalue weighted by molar-refractivity contribution is -0.122. The van der Waals surface area contributed by atoms with Crippen LogP contribution in [0.15, 0.2) is 58.5 Å². The number of thioether (sulfide) groups is 1. The van der Waals surface area contributed by atoms with Crippen molar-refractivity contribution in [3.8, 4) is 5.75 Å². The van der Waals surface area contributed by atoms with E-state index in [0.717, 1.165) is 16.7 Å². The van der Waals surface area contributed by atoms with Crippen LogP contribution < -0.4 is 0 Å². The highest BCUT2D eigenvalue weighted by molar-refractivity contribution is 8.26. The molecule has 0 unspecified atom stereocenters. The van der Waals surface area contributed by atoms with Gasteiger partial charge < -0.3 is 5.11 Å². The minimum Gasteiger partial charge on any atom is -0.508 e. The highest BCUT2D eigenvalue weighted by Gasteiger charge is 2.31. The second-order valence-corrected chi connectivity index (χ2v) is 6.92. The van der Waals surface area contributed by atoms with Gasteiger partial charge in [0, 0.05) is 0 Å². The Morgan fingerprint density at radius 2 is 1.71 bits per heavy atom. The normalized spacial score (nSPS) is 16.5. The Morgan fingerprint density at radius 3 is 2.38 bits per heavy atom. The van der Waals surface area contributed by atoms with E-state index in [1.165, 1.54) is 16.8 Å². The van der Waals surface area contributed by atoms with E-state index >= 15 is 0 Å². The number of nitrogens with zero attached hydrogens (tertiary/aromatic N) is 2. The van der Waals surface area contributed by atoms with Crippen molar-refractivity contribution in [2.45, 2.75) is 6.92 Å². The van der Waals surface area contributed by atoms with Crippen LogP contribution in [0.1, 0.15) is 16.7 Å². The first-order chi connectivity index (χ1) is 11.5. The van der Waals surface area contributed by atoms with Crippen LogP contribution in [0.25, 0.3) is 6.08 Å². The quantitative estimate of drug-likeness (QED) is 0.515. The molecule has 0 atom stereocenters. The molecule has 1 fully saturated rings. The van der Waals surface area contributed by atoms with Crippen molar-refractivity contribution in [1.82, 2.24) is 5.01 Å². The van der Waals surface area contributed by atoms with E-state index in [1.54, 1.807) is 30.5 Å². The fourth-order valence-electron chi connectivity index (χ4n) is 2.06. The molecule has 24 heavy (non-hydrogen) atoms. The molecule has 120 valence electrons. The molecule has 4 nitrogen and oxygen atoms in total. The zero-order valence-corrected chi connectivity index (χ0v) is 14.5. The van der Waals surface area contributed by atoms with Crippen LogP contribution in [0.4, 0.5) is 0 Å². The third-order valence-electron chi connectivity index (χ3n) is 3.36. The Labute approximate surface area is 149 Å². The standard InChI is InChI=1S/C18H14N2O2S2/c1-12-2-4-13(5-3-12)10-16-17(22)20(18(23)24-16)19-11-14-6-8-15(21)9-7-14/h2-11,21H,1H3/b16-10+,19-11+. The summed E-state index contributed by atoms with van der Waals surface area (Å²) in [4.78, 5) is 13.0. The highest BCUT2D eigenvalue weighted by Crippen LogP contribution is 2.32. The molecule has 3 rings (SSSR count). The first-order valence-electron chi connectivity index (χ1n) is 7.20. The van der Waals surface area contributed by atoms with Crippen molar-refractivity contribution in [3.63, 3.8) is 0 Å². The molecule has 0 bridgehead atoms. The van der Waals surface area contributed by atoms with Gasteiger partial charge in [-0.15, -0.1) is 0 Å². The average Bonchev–Trinajstić information content (AvgIpc) is 2.83. The monoisotopic (exact) mass is 354 g/mol. The number of aryl methyl sites for hydroxylation is 1. The largest absolute Gasteiger partial charge is 0.508 e. The maximum atomic E-state index is 12.5. The predicted octanol–water partition coefficient (Wildman–Crippen LogP) is 3.94. The lowest BCUT2D eigenvalue weighted by Gasteiger charge is -2.06. The van der Waals surface area contributed by atoms with Crippen LogP contribution in [-0.2, 0) is 4.79 Å². The summed E-state index contributed by atoms with van der Waals surface area (Å²) in [6.07, 6.45) is 3.35. The van der Waals surface area contributed by atoms with Gasteiger partial charge in [-0.1, -0.05) is 41.6 Å². The molecule has 0 spiro atoms. The molecule has 1 aliphatic heterocycles. The minimum atomic E-state index is -0.236. The van der Waals surface area contributed by atoms with Gasteiger partial charge in [-0.05, 0) is 60.6 Å². The summed E-state index contributed by atoms with van der Waals surface area (Å²) >= 11 is 6.47. The van der Waals surface area contributed by atoms with E-state index in [9.17, 15) is 9.90 Å². The van der Waals surface area contributed by atoms with Gasteiger partial charge in [-0.25, -0.2) is 0 Å². The molecule has 6 heteroatoms. The summed E-state index contributed by atoms with van der Waals surface area (Å²) in [5.41, 5.74) is 2.88. The van der Waals surface area contributed by atoms with Gasteiger partial charge in [0.2, 0.25) is 0 Å². The van der Waals surface area contributed by atoms with Crippen molar-refractivity contribution >= 4 is 46.5 Å². The van der Waals surface area contributed by atoms with Gasteiger partial charge in [0.15, 0.2) is 4.32 Å². The van der Waals surface area contributed by atoms with Crippen LogP contribution in [-0.4, -0.2) is 26.6 Å². The van der Waals surface area contributed by atoms with Crippen molar-refractivity contribution < 1.29 is 9.90 Å². The number of phenolic OH excluding ortho intramolecular Hbond substituents is 1. The van der Waals surface area contributed by atoms with Gasteiger partial charge in [-0.3, -0.25) is 4.79 Å². The average molecular weight is 354 g/mol. The Hall–Kier alpha value is -2.44. The van der Waals surface area contributed by atoms with E-state index in [2.05, 4.69) is 5.10 Å². The van der Waals surface area contributed by atoms with Crippen molar-refractivity contribution in [1.29, 1.82) is 0 Å². The molecule has 2 aromatic carbocycles. The summed E-state index contributed by atoms with van der Waals surface area (Å²) < 4.78 is 0.397. The predicted molar refractivity (Wildman–Crippen MR) is 102 cm³/mol. The maximum absolute atomic E-state index is 12.5. The molecule has 0 aromatic heterocycles. The smallest absolute Gasteiger partial charge is 0.286 e. The number of benzene rings is 2. The summed E-state index contributed by atoms with van der Waals surface area (Å²) in [6.45, 7) is 2.02. The van der Waals surface area contributed by atoms with Crippen LogP contribution in [0.5, 0.6) is 5.75 Å². The number of aromatic hydroxyl groups is 1. The van der Waals surface area contributed by atoms with Crippen LogP contribution in [0.2, 0.25) is 0 Å². The molecule has 1 aliphatic rings. The number of hydrazone groups is 1. The summed E-state index contributed by atoms with van der Waals surface area (Å²) in [5.74, 6) is -0.0561. The van der Waals surface area contributed by atoms with Gasteiger partial charge >= 0.3 is 0 Å². The Bertz CT molecular complexity index is 840. The van der Waals surface area contributed by atoms with E-state index < -0.39 is 0 Å². The molecule has 1 saturated heterocycles. The Morgan fingerprint density at radius 1 is 1.08 bits per heavy atom. The van der Waals surface area contributed by atoms with Gasteiger partial charge in [0.05, 0.1) is 11.1 Å². The lowest BCUT2D eigenvalue weighted by atomic mass is 10.1. The second-order valence-electron chi connectivity index (χ2n) is 5.24. The van der Waals surface area contributed by atoms with Crippen LogP contribution >= 0.6 is 24.0 Å². The fourth-order valence-corrected chi connectivity index (χ4v) is 3.23. The fraction of sp³-hybridized carbons (Fsp3) is 0.0556. The lowest BCUT2D eigenvalue weighted by Crippen LogP contribution is -2.22. The van der Waals surface area contributed by atoms with E-state index in [1.807, 2.05) is 37.3 Å². The summed E-state index contributed by atoms with van der Waals surface area (Å²) in [7, 11) is 0. The van der Waals surface area contributed by atoms with E-state index in [4.69, 9.17) is 12.2 Å². The molecule has 1 heterocycles. The second kappa shape index (κ2) is 6.98. The highest BCUT2D eigenvalue weighted by atomic mass is 32.2. The topological polar surface area (TPSA) is 52.9 Å². The molecule has 1 N–H and O–H groups in total. The number of rotatable bonds is 3. The number of amides is 1. The summed E-state index contributed by atoms with van der Waals surface area (Å²) in [5, 5.41) is 14.7. The number of hydrogen-bond donors (Lipinski definition) is 1. The Balaban J connectivity index is 1.78. The van der Waals surface area contributed by atoms with E-state index in [0.29, 0.717) is 9.23 Å². The third kappa shape index (κ3) is 3.72. The van der Waals surface area contributed by atoms with Crippen molar-refractivity contribution in [3.05, 3.63) is 70.1 Å². The molecule has 0 aliphatic carbocycles. The molecular weight excluding hydrogens is 340 g/mol. The zero-order valence-electron chi connectivity index (χ0n) is 12.8. The molecule has 0 radical (unpaired) electrons. The minimum absolute atomic E-state index is 0.179. The van der Waals surface area contributed by atoms with Gasteiger partial charge in [0.25, 0.3) is 5.91 Å². The van der Waals surface area contributed by atoms with Crippen molar-refractivity contribution in [2.24, 2.45) is 5.10 Å². The van der Waals surface area contributed by atoms with Gasteiger partial charge in [-0.2, -0.15) is 10.1 Å². The zero-order chi connectivity index (χ0) is 17.1. The van der Waals surface area contributed by atoms with E-state index in [-0.39, 0.29) is 11.7 Å². The first kappa shape index (κ1) is 16.4. The molecule has 1 amide bonds. The first-order valence-corrected chi connectivity index (χ1v) is 8.43. The van der Waals surface area contributed by atoms with Gasteiger partial charge in [0.1, 0.15) is 5.75 Å². The number of carbonyl (C=O) groups is 1. The van der Waals surface area contributed by atoms with Crippen LogP contribution in [0, 0.1) is 6.92 Å². The molecule has 2 aromatic rings. The van der Waals surface area contributed by atoms with Crippen LogP contribution in [0.3, 0.4) is 0 Å². The van der Waals surface area contributed by atoms with Crippen molar-refractivity contribution in [2.75, 3.05) is 0 Å². The molecular formula is C18H14N2O2S2.